The van der Waals surface area contributed by atoms with Crippen molar-refractivity contribution in [2.75, 3.05) is 0 Å². The van der Waals surface area contributed by atoms with E-state index in [4.69, 9.17) is 5.11 Å². The number of rotatable bonds is 8. The normalized spacial score (nSPS) is 15.8. The Morgan fingerprint density at radius 1 is 1.29 bits per heavy atom. The quantitative estimate of drug-likeness (QED) is 0.585. The molecule has 5 heteroatoms. The van der Waals surface area contributed by atoms with E-state index in [0.717, 1.165) is 24.8 Å². The van der Waals surface area contributed by atoms with Crippen molar-refractivity contribution in [2.45, 2.75) is 38.3 Å². The second-order valence-corrected chi connectivity index (χ2v) is 5.48. The molecule has 0 spiro atoms. The van der Waals surface area contributed by atoms with Crippen molar-refractivity contribution in [3.63, 3.8) is 0 Å². The highest BCUT2D eigenvalue weighted by Gasteiger charge is 2.34. The molecule has 0 aliphatic heterocycles. The number of carbonyl (C=O) groups is 3. The molecule has 1 saturated carbocycles. The summed E-state index contributed by atoms with van der Waals surface area (Å²) in [5.41, 5.74) is 0.876. The SMILES string of the molecule is O=CN(Cc1ccccc1)C(CC1CCC1)C(=O)C(=O)O. The van der Waals surface area contributed by atoms with Gasteiger partial charge in [-0.3, -0.25) is 9.59 Å². The first kappa shape index (κ1) is 15.2. The molecule has 0 aromatic heterocycles. The van der Waals surface area contributed by atoms with Gasteiger partial charge < -0.3 is 10.0 Å². The van der Waals surface area contributed by atoms with Gasteiger partial charge in [-0.05, 0) is 17.9 Å². The number of carboxylic acids is 1. The van der Waals surface area contributed by atoms with Gasteiger partial charge in [0.15, 0.2) is 0 Å². The zero-order chi connectivity index (χ0) is 15.2. The highest BCUT2D eigenvalue weighted by atomic mass is 16.4. The van der Waals surface area contributed by atoms with Crippen molar-refractivity contribution in [1.29, 1.82) is 0 Å². The molecule has 1 amide bonds. The van der Waals surface area contributed by atoms with Gasteiger partial charge in [-0.1, -0.05) is 49.6 Å². The molecule has 5 nitrogen and oxygen atoms in total. The summed E-state index contributed by atoms with van der Waals surface area (Å²) >= 11 is 0. The fourth-order valence-corrected chi connectivity index (χ4v) is 2.59. The number of carbonyl (C=O) groups excluding carboxylic acids is 2. The zero-order valence-electron chi connectivity index (χ0n) is 11.8. The minimum absolute atomic E-state index is 0.251. The lowest BCUT2D eigenvalue weighted by atomic mass is 9.80. The van der Waals surface area contributed by atoms with Crippen molar-refractivity contribution >= 4 is 18.2 Å². The number of Topliss-reactive ketones (excluding diaryl/α,β-unsaturated/α-hetero) is 1. The van der Waals surface area contributed by atoms with Crippen molar-refractivity contribution in [2.24, 2.45) is 5.92 Å². The molecule has 1 atom stereocenters. The third kappa shape index (κ3) is 3.90. The maximum atomic E-state index is 11.9. The van der Waals surface area contributed by atoms with Gasteiger partial charge in [0.05, 0.1) is 0 Å². The fraction of sp³-hybridized carbons (Fsp3) is 0.438. The first-order valence-electron chi connectivity index (χ1n) is 7.14. The molecule has 1 N–H and O–H groups in total. The minimum atomic E-state index is -1.47. The van der Waals surface area contributed by atoms with Crippen molar-refractivity contribution in [3.8, 4) is 0 Å². The Kier molecular flexibility index (Phi) is 5.09. The minimum Gasteiger partial charge on any atom is -0.475 e. The molecule has 1 aromatic carbocycles. The van der Waals surface area contributed by atoms with E-state index in [9.17, 15) is 14.4 Å². The van der Waals surface area contributed by atoms with E-state index in [1.54, 1.807) is 0 Å². The number of amides is 1. The standard InChI is InChI=1S/C16H19NO4/c18-11-17(10-13-5-2-1-3-6-13)14(15(19)16(20)21)9-12-7-4-8-12/h1-3,5-6,11-12,14H,4,7-10H2,(H,20,21). The Balaban J connectivity index is 2.12. The van der Waals surface area contributed by atoms with Crippen LogP contribution in [0, 0.1) is 5.92 Å². The van der Waals surface area contributed by atoms with Crippen LogP contribution >= 0.6 is 0 Å². The third-order valence-corrected chi connectivity index (χ3v) is 4.04. The van der Waals surface area contributed by atoms with Gasteiger partial charge in [0, 0.05) is 6.54 Å². The van der Waals surface area contributed by atoms with Crippen molar-refractivity contribution in [1.82, 2.24) is 4.90 Å². The second-order valence-electron chi connectivity index (χ2n) is 5.48. The average Bonchev–Trinajstić information content (AvgIpc) is 2.45. The molecule has 0 radical (unpaired) electrons. The fourth-order valence-electron chi connectivity index (χ4n) is 2.59. The van der Waals surface area contributed by atoms with Crippen LogP contribution in [-0.2, 0) is 20.9 Å². The van der Waals surface area contributed by atoms with E-state index in [2.05, 4.69) is 0 Å². The lowest BCUT2D eigenvalue weighted by Crippen LogP contribution is -2.45. The summed E-state index contributed by atoms with van der Waals surface area (Å²) in [6.45, 7) is 0.251. The molecule has 1 aliphatic carbocycles. The summed E-state index contributed by atoms with van der Waals surface area (Å²) in [4.78, 5) is 35.6. The van der Waals surface area contributed by atoms with E-state index in [1.165, 1.54) is 4.90 Å². The van der Waals surface area contributed by atoms with Crippen LogP contribution in [0.2, 0.25) is 0 Å². The smallest absolute Gasteiger partial charge is 0.374 e. The summed E-state index contributed by atoms with van der Waals surface area (Å²) < 4.78 is 0. The molecule has 1 fully saturated rings. The van der Waals surface area contributed by atoms with Gasteiger partial charge in [-0.2, -0.15) is 0 Å². The van der Waals surface area contributed by atoms with Crippen LogP contribution in [0.1, 0.15) is 31.2 Å². The molecule has 0 saturated heterocycles. The molecule has 2 rings (SSSR count). The predicted octanol–water partition coefficient (Wildman–Crippen LogP) is 1.86. The van der Waals surface area contributed by atoms with E-state index in [0.29, 0.717) is 18.7 Å². The van der Waals surface area contributed by atoms with Gasteiger partial charge in [0.25, 0.3) is 5.78 Å². The molecule has 112 valence electrons. The predicted molar refractivity (Wildman–Crippen MR) is 76.4 cm³/mol. The van der Waals surface area contributed by atoms with E-state index in [-0.39, 0.29) is 6.54 Å². The molecule has 1 aromatic rings. The van der Waals surface area contributed by atoms with Gasteiger partial charge in [0.2, 0.25) is 6.41 Å². The van der Waals surface area contributed by atoms with E-state index < -0.39 is 17.8 Å². The molecule has 1 aliphatic rings. The Morgan fingerprint density at radius 3 is 2.43 bits per heavy atom. The van der Waals surface area contributed by atoms with Crippen LogP contribution in [-0.4, -0.2) is 34.2 Å². The molecule has 1 unspecified atom stereocenters. The number of benzene rings is 1. The number of hydrogen-bond donors (Lipinski definition) is 1. The summed E-state index contributed by atoms with van der Waals surface area (Å²) in [5, 5.41) is 8.97. The maximum Gasteiger partial charge on any atom is 0.374 e. The summed E-state index contributed by atoms with van der Waals surface area (Å²) in [6, 6.07) is 8.38. The first-order valence-corrected chi connectivity index (χ1v) is 7.14. The monoisotopic (exact) mass is 289 g/mol. The number of carboxylic acid groups (broad SMARTS) is 1. The lowest BCUT2D eigenvalue weighted by molar-refractivity contribution is -0.153. The largest absolute Gasteiger partial charge is 0.475 e. The van der Waals surface area contributed by atoms with Gasteiger partial charge in [-0.15, -0.1) is 0 Å². The number of hydrogen-bond acceptors (Lipinski definition) is 3. The van der Waals surface area contributed by atoms with Gasteiger partial charge in [0.1, 0.15) is 6.04 Å². The Hall–Kier alpha value is -2.17. The van der Waals surface area contributed by atoms with Gasteiger partial charge in [-0.25, -0.2) is 4.79 Å². The van der Waals surface area contributed by atoms with Gasteiger partial charge >= 0.3 is 5.97 Å². The number of nitrogens with zero attached hydrogens (tertiary/aromatic N) is 1. The van der Waals surface area contributed by atoms with Crippen LogP contribution in [0.15, 0.2) is 30.3 Å². The topological polar surface area (TPSA) is 74.7 Å². The van der Waals surface area contributed by atoms with E-state index >= 15 is 0 Å². The Labute approximate surface area is 123 Å². The van der Waals surface area contributed by atoms with Crippen LogP contribution in [0.4, 0.5) is 0 Å². The summed E-state index contributed by atoms with van der Waals surface area (Å²) in [6.07, 6.45) is 4.13. The van der Waals surface area contributed by atoms with Crippen LogP contribution in [0.5, 0.6) is 0 Å². The highest BCUT2D eigenvalue weighted by Crippen LogP contribution is 2.32. The average molecular weight is 289 g/mol. The van der Waals surface area contributed by atoms with Crippen molar-refractivity contribution in [3.05, 3.63) is 35.9 Å². The van der Waals surface area contributed by atoms with Crippen LogP contribution < -0.4 is 0 Å². The first-order chi connectivity index (χ1) is 10.1. The molecule has 0 heterocycles. The number of aliphatic carboxylic acids is 1. The zero-order valence-corrected chi connectivity index (χ0v) is 11.8. The summed E-state index contributed by atoms with van der Waals surface area (Å²) in [5.74, 6) is -2.03. The number of ketones is 1. The Bertz CT molecular complexity index is 510. The molecule has 21 heavy (non-hydrogen) atoms. The van der Waals surface area contributed by atoms with Crippen molar-refractivity contribution < 1.29 is 19.5 Å². The molecule has 0 bridgehead atoms. The lowest BCUT2D eigenvalue weighted by Gasteiger charge is -2.33. The van der Waals surface area contributed by atoms with Crippen LogP contribution in [0.3, 0.4) is 0 Å². The third-order valence-electron chi connectivity index (χ3n) is 4.04. The molecular formula is C16H19NO4. The highest BCUT2D eigenvalue weighted by molar-refractivity contribution is 6.35. The molecular weight excluding hydrogens is 270 g/mol. The van der Waals surface area contributed by atoms with E-state index in [1.807, 2.05) is 30.3 Å². The summed E-state index contributed by atoms with van der Waals surface area (Å²) in [7, 11) is 0. The second kappa shape index (κ2) is 7.02. The maximum absolute atomic E-state index is 11.9. The van der Waals surface area contributed by atoms with Crippen LogP contribution in [0.25, 0.3) is 0 Å². The Morgan fingerprint density at radius 2 is 1.95 bits per heavy atom.